The number of esters is 4. The second-order valence-corrected chi connectivity index (χ2v) is 25.5. The fourth-order valence-corrected chi connectivity index (χ4v) is 13.3. The van der Waals surface area contributed by atoms with Gasteiger partial charge >= 0.3 is 23.9 Å². The molecule has 0 bridgehead atoms. The molecule has 0 aliphatic rings. The normalized spacial score (nSPS) is 10.9. The molecule has 6 aromatic heterocycles. The fraction of sp³-hybridized carbons (Fsp3) is 0.309. The Kier molecular flexibility index (Phi) is 27.8. The first-order valence-corrected chi connectivity index (χ1v) is 34.7. The zero-order chi connectivity index (χ0) is 65.2. The molecule has 0 N–H and O–H groups in total. The standard InChI is InChI=1S/C18H17NO3S2.C17H16N2O3S2.C17H21NO3S.C16H19NO3S/c1-3-21-14-7-5-13(6-8-14)17-19-16(11-23-17)18(20)22-10-15-9-4-12(2)24-15;1-3-21-13-6-4-12(5-7-13)16-19-14(10-24-16)17(20)22-11(2)15-18-8-9-23-15;1-5-20-13-9-7-12(8-10-13)16-18-14(17(19)21-6-2)15(22-16)11(3)4;1-4-13-14(16(18)20-6-3)17-15(21-13)11-7-9-12(10-8-11)19-5-2/h4-9,11H,3,10H2,1-2H3;4-11H,3H2,1-2H3;7-11H,5-6H2,1-4H3;7-10H,4-6H2,1-3H3. The summed E-state index contributed by atoms with van der Waals surface area (Å²) in [4.78, 5) is 74.3. The number of aryl methyl sites for hydroxylation is 2. The van der Waals surface area contributed by atoms with Gasteiger partial charge in [0.05, 0.1) is 39.6 Å². The number of benzene rings is 4. The zero-order valence-corrected chi connectivity index (χ0v) is 57.5. The Balaban J connectivity index is 0.000000173. The Morgan fingerprint density at radius 1 is 0.451 bits per heavy atom. The molecule has 0 aliphatic carbocycles. The summed E-state index contributed by atoms with van der Waals surface area (Å²) in [6, 6.07) is 34.8. The van der Waals surface area contributed by atoms with Gasteiger partial charge in [-0.1, -0.05) is 20.8 Å². The highest BCUT2D eigenvalue weighted by Crippen LogP contribution is 2.35. The summed E-state index contributed by atoms with van der Waals surface area (Å²) < 4.78 is 42.6. The van der Waals surface area contributed by atoms with Crippen molar-refractivity contribution in [1.29, 1.82) is 0 Å². The molecule has 478 valence electrons. The maximum atomic E-state index is 12.2. The first-order chi connectivity index (χ1) is 44.1. The molecule has 91 heavy (non-hydrogen) atoms. The molecule has 17 nitrogen and oxygen atoms in total. The molecule has 0 spiro atoms. The number of carbonyl (C=O) groups excluding carboxylic acids is 4. The van der Waals surface area contributed by atoms with Gasteiger partial charge in [-0.25, -0.2) is 44.1 Å². The zero-order valence-electron chi connectivity index (χ0n) is 52.6. The molecule has 0 aliphatic heterocycles. The van der Waals surface area contributed by atoms with Gasteiger partial charge in [0.15, 0.2) is 28.9 Å². The van der Waals surface area contributed by atoms with Gasteiger partial charge in [-0.2, -0.15) is 0 Å². The van der Waals surface area contributed by atoms with Crippen molar-refractivity contribution < 1.29 is 57.1 Å². The third-order valence-corrected chi connectivity index (χ3v) is 18.8. The minimum Gasteiger partial charge on any atom is -0.494 e. The SMILES string of the molecule is CCOC(=O)c1nc(-c2ccc(OCC)cc2)sc1C(C)C.CCOC(=O)c1nc(-c2ccc(OCC)cc2)sc1CC.CCOc1ccc(-c2nc(C(=O)OC(C)c3nccs3)cs2)cc1.CCOc1ccc(-c2nc(C(=O)OCc3ccc(C)s3)cs2)cc1. The number of hydrogen-bond donors (Lipinski definition) is 0. The van der Waals surface area contributed by atoms with E-state index in [2.05, 4.69) is 38.8 Å². The maximum Gasteiger partial charge on any atom is 0.358 e. The predicted molar refractivity (Wildman–Crippen MR) is 364 cm³/mol. The van der Waals surface area contributed by atoms with E-state index in [1.165, 1.54) is 50.2 Å². The van der Waals surface area contributed by atoms with Crippen molar-refractivity contribution in [1.82, 2.24) is 24.9 Å². The smallest absolute Gasteiger partial charge is 0.358 e. The summed E-state index contributed by atoms with van der Waals surface area (Å²) in [6.07, 6.45) is 2.08. The van der Waals surface area contributed by atoms with E-state index in [9.17, 15) is 19.2 Å². The second kappa shape index (κ2) is 36.0. The molecule has 6 heterocycles. The Labute approximate surface area is 555 Å². The highest BCUT2D eigenvalue weighted by molar-refractivity contribution is 7.16. The number of thiophene rings is 1. The molecule has 0 radical (unpaired) electrons. The first-order valence-electron chi connectivity index (χ1n) is 29.6. The number of carbonyl (C=O) groups is 4. The van der Waals surface area contributed by atoms with E-state index >= 15 is 0 Å². The molecular formula is C68H73N5O12S6. The van der Waals surface area contributed by atoms with Crippen molar-refractivity contribution in [2.45, 2.75) is 101 Å². The van der Waals surface area contributed by atoms with E-state index in [1.807, 2.05) is 156 Å². The lowest BCUT2D eigenvalue weighted by Crippen LogP contribution is -2.09. The largest absolute Gasteiger partial charge is 0.494 e. The van der Waals surface area contributed by atoms with Gasteiger partial charge in [0.1, 0.15) is 54.6 Å². The van der Waals surface area contributed by atoms with Gasteiger partial charge in [-0.15, -0.1) is 68.0 Å². The van der Waals surface area contributed by atoms with E-state index in [1.54, 1.807) is 60.4 Å². The predicted octanol–water partition coefficient (Wildman–Crippen LogP) is 18.0. The highest BCUT2D eigenvalue weighted by Gasteiger charge is 2.24. The van der Waals surface area contributed by atoms with E-state index in [0.717, 1.165) is 91.3 Å². The molecule has 0 amide bonds. The van der Waals surface area contributed by atoms with Crippen LogP contribution < -0.4 is 18.9 Å². The first kappa shape index (κ1) is 70.3. The summed E-state index contributed by atoms with van der Waals surface area (Å²) in [5.41, 5.74) is 5.38. The molecule has 0 saturated heterocycles. The summed E-state index contributed by atoms with van der Waals surface area (Å²) >= 11 is 8.99. The average Bonchev–Trinajstić information content (AvgIpc) is 1.88. The van der Waals surface area contributed by atoms with E-state index in [-0.39, 0.29) is 30.6 Å². The van der Waals surface area contributed by atoms with Crippen LogP contribution in [-0.2, 0) is 32.0 Å². The summed E-state index contributed by atoms with van der Waals surface area (Å²) in [6.45, 7) is 24.9. The van der Waals surface area contributed by atoms with Gasteiger partial charge in [0, 0.05) is 64.1 Å². The Morgan fingerprint density at radius 2 is 0.890 bits per heavy atom. The molecule has 23 heteroatoms. The van der Waals surface area contributed by atoms with Crippen molar-refractivity contribution in [2.75, 3.05) is 39.6 Å². The van der Waals surface area contributed by atoms with Gasteiger partial charge < -0.3 is 37.9 Å². The number of aromatic nitrogens is 5. The van der Waals surface area contributed by atoms with Crippen molar-refractivity contribution in [3.8, 4) is 65.3 Å². The molecular weight excluding hydrogens is 1270 g/mol. The van der Waals surface area contributed by atoms with Gasteiger partial charge in [0.2, 0.25) is 0 Å². The molecule has 1 atom stereocenters. The molecule has 1 unspecified atom stereocenters. The number of nitrogens with zero attached hydrogens (tertiary/aromatic N) is 5. The average molecular weight is 1340 g/mol. The molecule has 0 saturated carbocycles. The van der Waals surface area contributed by atoms with Crippen LogP contribution >= 0.6 is 68.0 Å². The molecule has 10 aromatic rings. The molecule has 0 fully saturated rings. The Hall–Kier alpha value is -8.19. The summed E-state index contributed by atoms with van der Waals surface area (Å²) in [5.74, 6) is 2.01. The quantitative estimate of drug-likeness (QED) is 0.0407. The fourth-order valence-electron chi connectivity index (χ4n) is 8.19. The van der Waals surface area contributed by atoms with E-state index < -0.39 is 11.9 Å². The summed E-state index contributed by atoms with van der Waals surface area (Å²) in [7, 11) is 0. The van der Waals surface area contributed by atoms with Crippen LogP contribution in [0.4, 0.5) is 0 Å². The monoisotopic (exact) mass is 1340 g/mol. The van der Waals surface area contributed by atoms with Crippen LogP contribution in [0, 0.1) is 6.92 Å². The Bertz CT molecular complexity index is 3850. The van der Waals surface area contributed by atoms with Crippen LogP contribution in [0.2, 0.25) is 0 Å². The van der Waals surface area contributed by atoms with Crippen LogP contribution in [0.15, 0.2) is 132 Å². The number of rotatable bonds is 24. The van der Waals surface area contributed by atoms with Crippen LogP contribution in [0.5, 0.6) is 23.0 Å². The third kappa shape index (κ3) is 20.7. The van der Waals surface area contributed by atoms with Crippen molar-refractivity contribution >= 4 is 91.9 Å². The number of hydrogen-bond acceptors (Lipinski definition) is 23. The van der Waals surface area contributed by atoms with Crippen molar-refractivity contribution in [3.63, 3.8) is 0 Å². The van der Waals surface area contributed by atoms with E-state index in [4.69, 9.17) is 37.9 Å². The second-order valence-electron chi connectivity index (χ2n) is 19.4. The third-order valence-electron chi connectivity index (χ3n) is 12.4. The molecule has 10 rings (SSSR count). The maximum absolute atomic E-state index is 12.2. The lowest BCUT2D eigenvalue weighted by Gasteiger charge is -2.08. The highest BCUT2D eigenvalue weighted by atomic mass is 32.1. The lowest BCUT2D eigenvalue weighted by atomic mass is 10.1. The van der Waals surface area contributed by atoms with Crippen molar-refractivity contribution in [3.05, 3.63) is 179 Å². The van der Waals surface area contributed by atoms with Crippen molar-refractivity contribution in [2.24, 2.45) is 0 Å². The van der Waals surface area contributed by atoms with Gasteiger partial charge in [0.25, 0.3) is 0 Å². The van der Waals surface area contributed by atoms with Crippen LogP contribution in [0.25, 0.3) is 42.3 Å². The van der Waals surface area contributed by atoms with Gasteiger partial charge in [-0.3, -0.25) is 0 Å². The number of ether oxygens (including phenoxy) is 8. The van der Waals surface area contributed by atoms with Crippen LogP contribution in [0.3, 0.4) is 0 Å². The molecule has 4 aromatic carbocycles. The summed E-state index contributed by atoms with van der Waals surface area (Å²) in [5, 5.41) is 9.28. The Morgan fingerprint density at radius 3 is 1.30 bits per heavy atom. The minimum absolute atomic E-state index is 0.230. The van der Waals surface area contributed by atoms with Gasteiger partial charge in [-0.05, 0) is 177 Å². The van der Waals surface area contributed by atoms with Crippen LogP contribution in [0.1, 0.15) is 148 Å². The van der Waals surface area contributed by atoms with E-state index in [0.29, 0.717) is 62.4 Å². The lowest BCUT2D eigenvalue weighted by molar-refractivity contribution is 0.0330. The topological polar surface area (TPSA) is 207 Å². The number of thiazole rings is 5. The van der Waals surface area contributed by atoms with Crippen LogP contribution in [-0.4, -0.2) is 88.4 Å². The minimum atomic E-state index is -0.439.